The Balaban J connectivity index is 0.000000372. The summed E-state index contributed by atoms with van der Waals surface area (Å²) in [6, 6.07) is 3.54. The standard InChI is InChI=1S/C9H11F.C8H16.C6H12O2.H2/c1-6-4-7(2)8(3)9(10)5-6;1-7-3-5-8(2)6-4-7;1-5-3-7-6(2)8-4-5;/h4-5H,1-3H3;7-8H,3-6H2,1-2H3;5-6H,3-4H2,1-2H3;1H. The third kappa shape index (κ3) is 9.14. The second-order valence-electron chi connectivity index (χ2n) is 8.39. The fourth-order valence-corrected chi connectivity index (χ4v) is 3.11. The monoisotopic (exact) mass is 368 g/mol. The molecule has 0 aromatic heterocycles. The minimum Gasteiger partial charge on any atom is -0.353 e. The predicted molar refractivity (Wildman–Crippen MR) is 110 cm³/mol. The zero-order valence-electron chi connectivity index (χ0n) is 17.9. The minimum atomic E-state index is -0.0995. The number of aryl methyl sites for hydroxylation is 2. The van der Waals surface area contributed by atoms with Gasteiger partial charge in [0.05, 0.1) is 13.2 Å². The Kier molecular flexibility index (Phi) is 10.4. The van der Waals surface area contributed by atoms with Crippen LogP contribution in [0.2, 0.25) is 0 Å². The van der Waals surface area contributed by atoms with Gasteiger partial charge in [-0.05, 0) is 62.3 Å². The number of rotatable bonds is 0. The van der Waals surface area contributed by atoms with Crippen molar-refractivity contribution in [2.75, 3.05) is 13.2 Å². The van der Waals surface area contributed by atoms with E-state index in [0.29, 0.717) is 5.92 Å². The van der Waals surface area contributed by atoms with Crippen molar-refractivity contribution in [1.82, 2.24) is 0 Å². The van der Waals surface area contributed by atoms with Crippen LogP contribution in [0.25, 0.3) is 0 Å². The van der Waals surface area contributed by atoms with Gasteiger partial charge in [0.15, 0.2) is 6.29 Å². The van der Waals surface area contributed by atoms with Crippen LogP contribution in [0.1, 0.15) is 71.5 Å². The quantitative estimate of drug-likeness (QED) is 0.499. The lowest BCUT2D eigenvalue weighted by Crippen LogP contribution is -2.27. The maximum Gasteiger partial charge on any atom is 0.154 e. The van der Waals surface area contributed by atoms with Gasteiger partial charge in [-0.25, -0.2) is 4.39 Å². The van der Waals surface area contributed by atoms with Crippen LogP contribution in [-0.2, 0) is 9.47 Å². The summed E-state index contributed by atoms with van der Waals surface area (Å²) in [5, 5.41) is 0. The van der Waals surface area contributed by atoms with Crippen molar-refractivity contribution in [2.24, 2.45) is 17.8 Å². The Hall–Kier alpha value is -0.930. The van der Waals surface area contributed by atoms with E-state index in [-0.39, 0.29) is 13.5 Å². The van der Waals surface area contributed by atoms with Gasteiger partial charge < -0.3 is 9.47 Å². The minimum absolute atomic E-state index is 0. The van der Waals surface area contributed by atoms with Crippen molar-refractivity contribution >= 4 is 0 Å². The highest BCUT2D eigenvalue weighted by Crippen LogP contribution is 2.27. The molecule has 26 heavy (non-hydrogen) atoms. The summed E-state index contributed by atoms with van der Waals surface area (Å²) in [7, 11) is 0. The Bertz CT molecular complexity index is 456. The fourth-order valence-electron chi connectivity index (χ4n) is 3.11. The molecular weight excluding hydrogens is 327 g/mol. The summed E-state index contributed by atoms with van der Waals surface area (Å²) in [5.41, 5.74) is 2.77. The molecule has 1 aromatic rings. The number of benzene rings is 1. The molecule has 3 rings (SSSR count). The Morgan fingerprint density at radius 2 is 1.27 bits per heavy atom. The van der Waals surface area contributed by atoms with Gasteiger partial charge in [0.1, 0.15) is 5.82 Å². The largest absolute Gasteiger partial charge is 0.353 e. The molecule has 1 saturated carbocycles. The molecule has 0 N–H and O–H groups in total. The fraction of sp³-hybridized carbons (Fsp3) is 0.739. The molecule has 0 atom stereocenters. The summed E-state index contributed by atoms with van der Waals surface area (Å²) in [4.78, 5) is 0. The van der Waals surface area contributed by atoms with E-state index < -0.39 is 0 Å². The maximum atomic E-state index is 12.8. The van der Waals surface area contributed by atoms with Gasteiger partial charge in [0.25, 0.3) is 0 Å². The van der Waals surface area contributed by atoms with E-state index >= 15 is 0 Å². The summed E-state index contributed by atoms with van der Waals surface area (Å²) in [5.74, 6) is 2.51. The second-order valence-corrected chi connectivity index (χ2v) is 8.39. The van der Waals surface area contributed by atoms with E-state index in [9.17, 15) is 4.39 Å². The molecule has 0 amide bonds. The molecule has 0 unspecified atom stereocenters. The first-order valence-electron chi connectivity index (χ1n) is 10.2. The first-order chi connectivity index (χ1) is 12.2. The van der Waals surface area contributed by atoms with Crippen LogP contribution in [0.5, 0.6) is 0 Å². The highest BCUT2D eigenvalue weighted by Gasteiger charge is 2.14. The van der Waals surface area contributed by atoms with Crippen molar-refractivity contribution in [3.63, 3.8) is 0 Å². The third-order valence-electron chi connectivity index (χ3n) is 5.28. The maximum absolute atomic E-state index is 12.8. The molecule has 3 heteroatoms. The zero-order valence-corrected chi connectivity index (χ0v) is 17.9. The SMILES string of the molecule is CC1CCC(C)CC1.CC1COC(C)OC1.Cc1cc(C)c(C)c(F)c1.[HH]. The van der Waals surface area contributed by atoms with Crippen molar-refractivity contribution in [1.29, 1.82) is 0 Å². The van der Waals surface area contributed by atoms with Crippen LogP contribution < -0.4 is 0 Å². The summed E-state index contributed by atoms with van der Waals surface area (Å²) in [6.07, 6.45) is 5.91. The number of halogens is 1. The smallest absolute Gasteiger partial charge is 0.154 e. The number of ether oxygens (including phenoxy) is 2. The molecule has 1 aliphatic carbocycles. The lowest BCUT2D eigenvalue weighted by atomic mass is 9.84. The van der Waals surface area contributed by atoms with Gasteiger partial charge in [-0.15, -0.1) is 0 Å². The van der Waals surface area contributed by atoms with E-state index in [0.717, 1.165) is 41.7 Å². The molecule has 2 nitrogen and oxygen atoms in total. The molecule has 0 spiro atoms. The first-order valence-corrected chi connectivity index (χ1v) is 10.2. The summed E-state index contributed by atoms with van der Waals surface area (Å²) >= 11 is 0. The lowest BCUT2D eigenvalue weighted by Gasteiger charge is -2.24. The van der Waals surface area contributed by atoms with Gasteiger partial charge in [-0.3, -0.25) is 0 Å². The van der Waals surface area contributed by atoms with Gasteiger partial charge in [0.2, 0.25) is 0 Å². The molecule has 152 valence electrons. The van der Waals surface area contributed by atoms with E-state index in [2.05, 4.69) is 20.8 Å². The van der Waals surface area contributed by atoms with Crippen LogP contribution in [-0.4, -0.2) is 19.5 Å². The zero-order chi connectivity index (χ0) is 19.7. The summed E-state index contributed by atoms with van der Waals surface area (Å²) < 4.78 is 23.2. The molecule has 1 saturated heterocycles. The van der Waals surface area contributed by atoms with E-state index in [1.54, 1.807) is 13.0 Å². The second kappa shape index (κ2) is 11.7. The highest BCUT2D eigenvalue weighted by molar-refractivity contribution is 5.30. The topological polar surface area (TPSA) is 18.5 Å². The Labute approximate surface area is 162 Å². The van der Waals surface area contributed by atoms with Gasteiger partial charge in [-0.2, -0.15) is 0 Å². The molecule has 1 aliphatic heterocycles. The van der Waals surface area contributed by atoms with Crippen LogP contribution in [0, 0.1) is 44.3 Å². The molecule has 0 bridgehead atoms. The van der Waals surface area contributed by atoms with Crippen molar-refractivity contribution in [2.45, 2.75) is 80.4 Å². The molecular formula is C23H41FO2. The van der Waals surface area contributed by atoms with E-state index in [1.165, 1.54) is 25.7 Å². The van der Waals surface area contributed by atoms with Crippen LogP contribution >= 0.6 is 0 Å². The lowest BCUT2D eigenvalue weighted by molar-refractivity contribution is -0.187. The van der Waals surface area contributed by atoms with Gasteiger partial charge in [-0.1, -0.05) is 52.5 Å². The Morgan fingerprint density at radius 1 is 0.808 bits per heavy atom. The van der Waals surface area contributed by atoms with Crippen molar-refractivity contribution in [3.05, 3.63) is 34.6 Å². The normalized spacial score (nSPS) is 28.3. The van der Waals surface area contributed by atoms with Gasteiger partial charge >= 0.3 is 0 Å². The first kappa shape index (κ1) is 23.1. The third-order valence-corrected chi connectivity index (χ3v) is 5.28. The average Bonchev–Trinajstić information content (AvgIpc) is 2.59. The molecule has 1 heterocycles. The summed E-state index contributed by atoms with van der Waals surface area (Å²) in [6.45, 7) is 16.1. The van der Waals surface area contributed by atoms with E-state index in [1.807, 2.05) is 26.8 Å². The van der Waals surface area contributed by atoms with Crippen LogP contribution in [0.3, 0.4) is 0 Å². The van der Waals surface area contributed by atoms with E-state index in [4.69, 9.17) is 9.47 Å². The average molecular weight is 369 g/mol. The highest BCUT2D eigenvalue weighted by atomic mass is 19.1. The molecule has 1 aromatic carbocycles. The number of hydrogen-bond donors (Lipinski definition) is 0. The molecule has 0 radical (unpaired) electrons. The van der Waals surface area contributed by atoms with Crippen molar-refractivity contribution in [3.8, 4) is 0 Å². The number of hydrogen-bond acceptors (Lipinski definition) is 2. The predicted octanol–water partition coefficient (Wildman–Crippen LogP) is 6.84. The van der Waals surface area contributed by atoms with Crippen LogP contribution in [0.15, 0.2) is 12.1 Å². The molecule has 2 aliphatic rings. The van der Waals surface area contributed by atoms with Gasteiger partial charge in [0, 0.05) is 7.34 Å². The van der Waals surface area contributed by atoms with Crippen molar-refractivity contribution < 1.29 is 15.3 Å². The van der Waals surface area contributed by atoms with Crippen LogP contribution in [0.4, 0.5) is 4.39 Å². The molecule has 2 fully saturated rings. The Morgan fingerprint density at radius 3 is 1.65 bits per heavy atom.